The first-order valence-electron chi connectivity index (χ1n) is 18.4. The third kappa shape index (κ3) is 36.2. The Balaban J connectivity index is 0. The summed E-state index contributed by atoms with van der Waals surface area (Å²) in [5.41, 5.74) is 0. The number of halogens is 1. The van der Waals surface area contributed by atoms with Gasteiger partial charge in [-0.15, -0.1) is 0 Å². The Bertz CT molecular complexity index is 422. The highest BCUT2D eigenvalue weighted by atomic mass is 35.5. The van der Waals surface area contributed by atoms with Crippen molar-refractivity contribution >= 4 is 0 Å². The molecule has 0 aliphatic rings. The minimum atomic E-state index is 0. The predicted octanol–water partition coefficient (Wildman–Crippen LogP) is 10.2. The molecule has 0 spiro atoms. The Morgan fingerprint density at radius 1 is 0.256 bits per heavy atom. The topological polar surface area (TPSA) is 0 Å². The molecule has 0 atom stereocenters. The van der Waals surface area contributed by atoms with Crippen LogP contribution < -0.4 is 12.4 Å². The molecule has 0 aliphatic carbocycles. The smallest absolute Gasteiger partial charge is 0.0782 e. The number of rotatable bonds is 33. The molecule has 0 N–H and O–H groups in total. The second kappa shape index (κ2) is 34.5. The van der Waals surface area contributed by atoms with Crippen molar-refractivity contribution in [3.05, 3.63) is 0 Å². The van der Waals surface area contributed by atoms with Gasteiger partial charge in [0.25, 0.3) is 0 Å². The molecule has 0 saturated carbocycles. The van der Waals surface area contributed by atoms with Gasteiger partial charge < -0.3 is 16.9 Å². The van der Waals surface area contributed by atoms with E-state index in [-0.39, 0.29) is 12.4 Å². The third-order valence-corrected chi connectivity index (χ3v) is 8.98. The molecule has 0 aromatic carbocycles. The fourth-order valence-corrected chi connectivity index (χ4v) is 6.11. The molecular weight excluding hydrogens is 494 g/mol. The number of unbranched alkanes of at least 4 members (excludes halogenated alkanes) is 29. The van der Waals surface area contributed by atoms with Crippen molar-refractivity contribution in [2.24, 2.45) is 0 Å². The monoisotopic (exact) mass is 572 g/mol. The average molecular weight is 572 g/mol. The predicted molar refractivity (Wildman–Crippen MR) is 176 cm³/mol. The Morgan fingerprint density at radius 2 is 0.410 bits per heavy atom. The molecule has 0 aliphatic heterocycles. The summed E-state index contributed by atoms with van der Waals surface area (Å²) in [6.45, 7) is 7.39. The number of hydrogen-bond acceptors (Lipinski definition) is 0. The summed E-state index contributed by atoms with van der Waals surface area (Å²) in [6.07, 6.45) is 45.4. The lowest BCUT2D eigenvalue weighted by atomic mass is 10.0. The normalized spacial score (nSPS) is 11.7. The maximum absolute atomic E-state index is 2.47. The molecule has 0 aromatic heterocycles. The van der Waals surface area contributed by atoms with Crippen molar-refractivity contribution in [3.63, 3.8) is 0 Å². The van der Waals surface area contributed by atoms with E-state index in [0.717, 1.165) is 0 Å². The van der Waals surface area contributed by atoms with E-state index in [1.165, 1.54) is 217 Å². The maximum atomic E-state index is 2.47. The Kier molecular flexibility index (Phi) is 36.6. The minimum absolute atomic E-state index is 0. The van der Waals surface area contributed by atoms with Crippen molar-refractivity contribution in [2.75, 3.05) is 27.2 Å². The second-order valence-electron chi connectivity index (χ2n) is 13.6. The van der Waals surface area contributed by atoms with Crippen LogP contribution >= 0.6 is 0 Å². The summed E-state index contributed by atoms with van der Waals surface area (Å²) in [4.78, 5) is 0. The van der Waals surface area contributed by atoms with E-state index in [4.69, 9.17) is 0 Å². The van der Waals surface area contributed by atoms with Crippen LogP contribution in [0.5, 0.6) is 0 Å². The van der Waals surface area contributed by atoms with Gasteiger partial charge in [-0.3, -0.25) is 0 Å². The SMILES string of the molecule is CCCCCCCCCCCCCCCCCC[N+](C)(C)CCCCCCCCCCCCCCCCC.[Cl-]. The molecule has 0 rings (SSSR count). The Labute approximate surface area is 256 Å². The van der Waals surface area contributed by atoms with Crippen LogP contribution in [0.1, 0.15) is 213 Å². The van der Waals surface area contributed by atoms with Crippen LogP contribution in [0, 0.1) is 0 Å². The largest absolute Gasteiger partial charge is 1.00 e. The van der Waals surface area contributed by atoms with Gasteiger partial charge in [0.05, 0.1) is 27.2 Å². The summed E-state index contributed by atoms with van der Waals surface area (Å²) in [7, 11) is 4.93. The van der Waals surface area contributed by atoms with Crippen LogP contribution in [0.4, 0.5) is 0 Å². The van der Waals surface area contributed by atoms with Crippen LogP contribution in [0.2, 0.25) is 0 Å². The average Bonchev–Trinajstić information content (AvgIpc) is 2.90. The highest BCUT2D eigenvalue weighted by Crippen LogP contribution is 2.16. The van der Waals surface area contributed by atoms with Crippen LogP contribution in [0.15, 0.2) is 0 Å². The van der Waals surface area contributed by atoms with Gasteiger partial charge in [-0.1, -0.05) is 187 Å². The van der Waals surface area contributed by atoms with Gasteiger partial charge in [-0.2, -0.15) is 0 Å². The molecule has 0 fully saturated rings. The first-order valence-corrected chi connectivity index (χ1v) is 18.4. The van der Waals surface area contributed by atoms with Gasteiger partial charge in [0, 0.05) is 0 Å². The van der Waals surface area contributed by atoms with Crippen LogP contribution in [0.3, 0.4) is 0 Å². The van der Waals surface area contributed by atoms with Crippen molar-refractivity contribution < 1.29 is 16.9 Å². The zero-order valence-electron chi connectivity index (χ0n) is 28.2. The number of hydrogen-bond donors (Lipinski definition) is 0. The molecule has 0 bridgehead atoms. The fourth-order valence-electron chi connectivity index (χ4n) is 6.11. The van der Waals surface area contributed by atoms with E-state index in [1.54, 1.807) is 0 Å². The fraction of sp³-hybridized carbons (Fsp3) is 1.00. The van der Waals surface area contributed by atoms with E-state index in [2.05, 4.69) is 27.9 Å². The lowest BCUT2D eigenvalue weighted by Gasteiger charge is -2.30. The van der Waals surface area contributed by atoms with Gasteiger partial charge in [0.1, 0.15) is 0 Å². The van der Waals surface area contributed by atoms with Crippen LogP contribution in [0.25, 0.3) is 0 Å². The van der Waals surface area contributed by atoms with Crippen molar-refractivity contribution in [1.29, 1.82) is 0 Å². The lowest BCUT2D eigenvalue weighted by Crippen LogP contribution is -3.00. The molecule has 0 heterocycles. The summed E-state index contributed by atoms with van der Waals surface area (Å²) >= 11 is 0. The van der Waals surface area contributed by atoms with Crippen molar-refractivity contribution in [1.82, 2.24) is 0 Å². The zero-order valence-corrected chi connectivity index (χ0v) is 28.9. The molecule has 1 nitrogen and oxygen atoms in total. The Morgan fingerprint density at radius 3 is 0.590 bits per heavy atom. The molecule has 0 aromatic rings. The Hall–Kier alpha value is 0.250. The minimum Gasteiger partial charge on any atom is -1.00 e. The standard InChI is InChI=1S/C37H78N.ClH/c1-5-7-9-11-13-15-17-19-21-23-25-27-29-31-33-35-37-38(3,4)36-34-32-30-28-26-24-22-20-18-16-14-12-10-8-6-2;/h5-37H2,1-4H3;1H/q+1;/p-1. The highest BCUT2D eigenvalue weighted by molar-refractivity contribution is 4.52. The summed E-state index contributed by atoms with van der Waals surface area (Å²) in [5.74, 6) is 0. The molecule has 0 unspecified atom stereocenters. The molecular formula is C37H78ClN. The van der Waals surface area contributed by atoms with Gasteiger partial charge in [-0.25, -0.2) is 0 Å². The van der Waals surface area contributed by atoms with Gasteiger partial charge in [0.15, 0.2) is 0 Å². The van der Waals surface area contributed by atoms with Crippen LogP contribution in [-0.2, 0) is 0 Å². The van der Waals surface area contributed by atoms with E-state index in [9.17, 15) is 0 Å². The van der Waals surface area contributed by atoms with Gasteiger partial charge >= 0.3 is 0 Å². The molecule has 0 saturated heterocycles. The molecule has 39 heavy (non-hydrogen) atoms. The lowest BCUT2D eigenvalue weighted by molar-refractivity contribution is -0.890. The van der Waals surface area contributed by atoms with E-state index < -0.39 is 0 Å². The first kappa shape index (κ1) is 41.4. The first-order chi connectivity index (χ1) is 18.6. The molecule has 238 valence electrons. The molecule has 0 amide bonds. The van der Waals surface area contributed by atoms with E-state index in [1.807, 2.05) is 0 Å². The number of nitrogens with zero attached hydrogens (tertiary/aromatic N) is 1. The van der Waals surface area contributed by atoms with Crippen molar-refractivity contribution in [3.8, 4) is 0 Å². The summed E-state index contributed by atoms with van der Waals surface area (Å²) in [6, 6.07) is 0. The second-order valence-corrected chi connectivity index (χ2v) is 13.6. The quantitative estimate of drug-likeness (QED) is 0.0542. The molecule has 2 heteroatoms. The third-order valence-electron chi connectivity index (χ3n) is 8.98. The van der Waals surface area contributed by atoms with E-state index >= 15 is 0 Å². The van der Waals surface area contributed by atoms with Crippen molar-refractivity contribution in [2.45, 2.75) is 213 Å². The molecule has 0 radical (unpaired) electrons. The summed E-state index contributed by atoms with van der Waals surface area (Å²) < 4.78 is 1.25. The van der Waals surface area contributed by atoms with Gasteiger partial charge in [0.2, 0.25) is 0 Å². The zero-order chi connectivity index (χ0) is 27.8. The van der Waals surface area contributed by atoms with E-state index in [0.29, 0.717) is 0 Å². The number of quaternary nitrogens is 1. The highest BCUT2D eigenvalue weighted by Gasteiger charge is 2.13. The summed E-state index contributed by atoms with van der Waals surface area (Å²) in [5, 5.41) is 0. The maximum Gasteiger partial charge on any atom is 0.0782 e. The van der Waals surface area contributed by atoms with Gasteiger partial charge in [-0.05, 0) is 25.7 Å². The van der Waals surface area contributed by atoms with Crippen LogP contribution in [-0.4, -0.2) is 31.7 Å².